The van der Waals surface area contributed by atoms with Gasteiger partial charge in [0.1, 0.15) is 0 Å². The minimum absolute atomic E-state index is 0.698. The Kier molecular flexibility index (Phi) is 2.72. The van der Waals surface area contributed by atoms with Crippen molar-refractivity contribution in [3.05, 3.63) is 4.88 Å². The molecule has 2 heterocycles. The second-order valence-corrected chi connectivity index (χ2v) is 21.1. The fraction of sp³-hybridized carbons (Fsp3) is 0.600. The van der Waals surface area contributed by atoms with E-state index in [0.29, 0.717) is 13.2 Å². The second kappa shape index (κ2) is 3.59. The van der Waals surface area contributed by atoms with Crippen molar-refractivity contribution in [3.8, 4) is 11.5 Å². The molecule has 1 aliphatic rings. The van der Waals surface area contributed by atoms with Gasteiger partial charge >= 0.3 is 93.4 Å². The molecule has 4 heteroatoms. The van der Waals surface area contributed by atoms with Crippen molar-refractivity contribution in [2.75, 3.05) is 13.2 Å². The van der Waals surface area contributed by atoms with Crippen molar-refractivity contribution in [2.24, 2.45) is 0 Å². The molecule has 14 heavy (non-hydrogen) atoms. The second-order valence-electron chi connectivity index (χ2n) is 4.59. The molecule has 1 aliphatic heterocycles. The summed E-state index contributed by atoms with van der Waals surface area (Å²) in [6.45, 7) is 3.53. The summed E-state index contributed by atoms with van der Waals surface area (Å²) in [4.78, 5) is 8.52. The summed E-state index contributed by atoms with van der Waals surface area (Å²) in [7, 11) is 0. The van der Waals surface area contributed by atoms with Gasteiger partial charge in [-0.3, -0.25) is 0 Å². The van der Waals surface area contributed by atoms with Crippen LogP contribution in [0.25, 0.3) is 0 Å². The molecule has 1 aromatic rings. The first-order valence-electron chi connectivity index (χ1n) is 4.89. The van der Waals surface area contributed by atoms with Gasteiger partial charge in [-0.2, -0.15) is 0 Å². The molecular formula is C10H16O2SSn. The van der Waals surface area contributed by atoms with Crippen LogP contribution in [0.3, 0.4) is 0 Å². The van der Waals surface area contributed by atoms with Crippen LogP contribution in [0.2, 0.25) is 14.8 Å². The average molecular weight is 319 g/mol. The first kappa shape index (κ1) is 10.6. The Balaban J connectivity index is 2.52. The van der Waals surface area contributed by atoms with Crippen molar-refractivity contribution in [3.63, 3.8) is 0 Å². The molecule has 0 saturated carbocycles. The standard InChI is InChI=1S/C7H7O2S.3CH3.Sn/c1-5-7-6(4-10-5)8-2-3-9-7;;;;/h2-3H2,1H3;3*1H3;. The zero-order valence-electron chi connectivity index (χ0n) is 9.14. The van der Waals surface area contributed by atoms with E-state index in [-0.39, 0.29) is 0 Å². The van der Waals surface area contributed by atoms with Gasteiger partial charge in [0.2, 0.25) is 0 Å². The molecule has 0 unspecified atom stereocenters. The van der Waals surface area contributed by atoms with Crippen LogP contribution < -0.4 is 12.4 Å². The molecule has 0 amide bonds. The Morgan fingerprint density at radius 3 is 2.21 bits per heavy atom. The maximum absolute atomic E-state index is 5.74. The first-order chi connectivity index (χ1) is 6.50. The van der Waals surface area contributed by atoms with E-state index in [2.05, 4.69) is 21.7 Å². The molecule has 0 aromatic carbocycles. The number of aryl methyl sites for hydroxylation is 1. The van der Waals surface area contributed by atoms with Gasteiger partial charge in [-0.15, -0.1) is 0 Å². The fourth-order valence-electron chi connectivity index (χ4n) is 1.59. The summed E-state index contributed by atoms with van der Waals surface area (Å²) in [6.07, 6.45) is 0. The van der Waals surface area contributed by atoms with Gasteiger partial charge in [0.05, 0.1) is 0 Å². The molecule has 0 aliphatic carbocycles. The van der Waals surface area contributed by atoms with E-state index in [1.54, 1.807) is 0 Å². The predicted molar refractivity (Wildman–Crippen MR) is 63.0 cm³/mol. The van der Waals surface area contributed by atoms with Crippen LogP contribution in [-0.2, 0) is 0 Å². The Bertz CT molecular complexity index is 352. The van der Waals surface area contributed by atoms with Gasteiger partial charge in [0.15, 0.2) is 0 Å². The molecule has 0 N–H and O–H groups in total. The predicted octanol–water partition coefficient (Wildman–Crippen LogP) is 2.37. The number of rotatable bonds is 1. The molecule has 0 fully saturated rings. The van der Waals surface area contributed by atoms with Gasteiger partial charge in [-0.05, 0) is 0 Å². The fourth-order valence-corrected chi connectivity index (χ4v) is 9.10. The Morgan fingerprint density at radius 1 is 1.07 bits per heavy atom. The van der Waals surface area contributed by atoms with Crippen LogP contribution in [0.1, 0.15) is 4.88 Å². The topological polar surface area (TPSA) is 18.5 Å². The Morgan fingerprint density at radius 2 is 1.64 bits per heavy atom. The molecule has 78 valence electrons. The third-order valence-electron chi connectivity index (χ3n) is 2.24. The Hall–Kier alpha value is 0.0987. The van der Waals surface area contributed by atoms with Crippen LogP contribution >= 0.6 is 11.3 Å². The SMILES string of the molecule is Cc1s[c]([Sn]([CH3])([CH3])[CH3])c2c1OCCO2. The molecule has 0 bridgehead atoms. The van der Waals surface area contributed by atoms with E-state index >= 15 is 0 Å². The normalized spacial score (nSPS) is 15.7. The van der Waals surface area contributed by atoms with Crippen LogP contribution in [0.4, 0.5) is 0 Å². The molecule has 1 aromatic heterocycles. The summed E-state index contributed by atoms with van der Waals surface area (Å²) >= 11 is -0.125. The van der Waals surface area contributed by atoms with E-state index < -0.39 is 18.4 Å². The van der Waals surface area contributed by atoms with Crippen molar-refractivity contribution < 1.29 is 9.47 Å². The van der Waals surface area contributed by atoms with Gasteiger partial charge in [0.25, 0.3) is 0 Å². The van der Waals surface area contributed by atoms with Gasteiger partial charge in [-0.25, -0.2) is 0 Å². The van der Waals surface area contributed by atoms with Crippen molar-refractivity contribution in [2.45, 2.75) is 21.7 Å². The molecular weight excluding hydrogens is 303 g/mol. The van der Waals surface area contributed by atoms with E-state index in [0.717, 1.165) is 11.5 Å². The summed E-state index contributed by atoms with van der Waals surface area (Å²) < 4.78 is 12.9. The number of hydrogen-bond acceptors (Lipinski definition) is 3. The molecule has 0 radical (unpaired) electrons. The van der Waals surface area contributed by atoms with Crippen LogP contribution in [0, 0.1) is 6.92 Å². The van der Waals surface area contributed by atoms with Crippen LogP contribution in [0.5, 0.6) is 11.5 Å². The number of hydrogen-bond donors (Lipinski definition) is 0. The quantitative estimate of drug-likeness (QED) is 0.740. The minimum atomic E-state index is -2.01. The molecule has 2 rings (SSSR count). The monoisotopic (exact) mass is 320 g/mol. The average Bonchev–Trinajstić information content (AvgIpc) is 2.44. The summed E-state index contributed by atoms with van der Waals surface area (Å²) in [6, 6.07) is 0. The van der Waals surface area contributed by atoms with Crippen molar-refractivity contribution in [1.82, 2.24) is 0 Å². The number of thiophene rings is 1. The van der Waals surface area contributed by atoms with Crippen LogP contribution in [0.15, 0.2) is 0 Å². The Labute approximate surface area is 93.1 Å². The van der Waals surface area contributed by atoms with Gasteiger partial charge in [-0.1, -0.05) is 0 Å². The van der Waals surface area contributed by atoms with Gasteiger partial charge in [0, 0.05) is 0 Å². The van der Waals surface area contributed by atoms with E-state index in [4.69, 9.17) is 9.47 Å². The molecule has 0 saturated heterocycles. The van der Waals surface area contributed by atoms with E-state index in [1.807, 2.05) is 11.3 Å². The molecule has 2 nitrogen and oxygen atoms in total. The third kappa shape index (κ3) is 1.76. The summed E-state index contributed by atoms with van der Waals surface area (Å²) in [5.41, 5.74) is 0. The number of fused-ring (bicyclic) bond motifs is 1. The third-order valence-corrected chi connectivity index (χ3v) is 12.6. The van der Waals surface area contributed by atoms with Crippen molar-refractivity contribution >= 4 is 32.6 Å². The zero-order chi connectivity index (χ0) is 10.3. The zero-order valence-corrected chi connectivity index (χ0v) is 12.8. The summed E-state index contributed by atoms with van der Waals surface area (Å²) in [5, 5.41) is 0. The molecule has 0 atom stereocenters. The first-order valence-corrected chi connectivity index (χ1v) is 15.7. The van der Waals surface area contributed by atoms with E-state index in [1.165, 1.54) is 7.77 Å². The van der Waals surface area contributed by atoms with Crippen LogP contribution in [-0.4, -0.2) is 31.6 Å². The summed E-state index contributed by atoms with van der Waals surface area (Å²) in [5.74, 6) is 2.09. The number of ether oxygens (including phenoxy) is 2. The van der Waals surface area contributed by atoms with E-state index in [9.17, 15) is 0 Å². The molecule has 0 spiro atoms. The van der Waals surface area contributed by atoms with Gasteiger partial charge < -0.3 is 0 Å². The maximum atomic E-state index is 5.74. The van der Waals surface area contributed by atoms with Crippen molar-refractivity contribution in [1.29, 1.82) is 0 Å².